The summed E-state index contributed by atoms with van der Waals surface area (Å²) in [6, 6.07) is 0. The van der Waals surface area contributed by atoms with E-state index in [2.05, 4.69) is 40.8 Å². The number of hydrogen-bond acceptors (Lipinski definition) is 1. The van der Waals surface area contributed by atoms with Crippen LogP contribution in [-0.2, 0) is 4.79 Å². The lowest BCUT2D eigenvalue weighted by Gasteiger charge is -2.42. The van der Waals surface area contributed by atoms with Crippen LogP contribution in [0.15, 0.2) is 0 Å². The van der Waals surface area contributed by atoms with E-state index in [1.165, 1.54) is 12.8 Å². The van der Waals surface area contributed by atoms with E-state index >= 15 is 0 Å². The van der Waals surface area contributed by atoms with Crippen LogP contribution in [-0.4, -0.2) is 13.9 Å². The van der Waals surface area contributed by atoms with Crippen molar-refractivity contribution in [3.05, 3.63) is 0 Å². The second-order valence-electron chi connectivity index (χ2n) is 6.28. The summed E-state index contributed by atoms with van der Waals surface area (Å²) in [6.07, 6.45) is 3.48. The zero-order chi connectivity index (χ0) is 12.3. The van der Waals surface area contributed by atoms with Gasteiger partial charge in [-0.25, -0.2) is 0 Å². The van der Waals surface area contributed by atoms with Crippen LogP contribution >= 0.6 is 0 Å². The number of Topliss-reactive ketones (excluding diaryl/α,β-unsaturated/α-hetero) is 1. The zero-order valence-electron chi connectivity index (χ0n) is 11.6. The Morgan fingerprint density at radius 1 is 1.27 bits per heavy atom. The van der Waals surface area contributed by atoms with Gasteiger partial charge in [-0.15, -0.1) is 0 Å². The monoisotopic (exact) mass is 228 g/mol. The summed E-state index contributed by atoms with van der Waals surface area (Å²) in [6.45, 7) is 15.6. The molecule has 0 amide bonds. The van der Waals surface area contributed by atoms with Crippen molar-refractivity contribution in [2.45, 2.75) is 77.6 Å². The third-order valence-electron chi connectivity index (χ3n) is 4.14. The average molecular weight is 228 g/mol. The Hall–Kier alpha value is -0.113. The van der Waals surface area contributed by atoms with Gasteiger partial charge in [0.2, 0.25) is 0 Å². The highest BCUT2D eigenvalue weighted by molar-refractivity contribution is 6.84. The Balaban J connectivity index is 4.82. The molecule has 0 aromatic heterocycles. The molecule has 2 heteroatoms. The summed E-state index contributed by atoms with van der Waals surface area (Å²) < 4.78 is 0. The molecule has 15 heavy (non-hydrogen) atoms. The number of hydrogen-bond donors (Lipinski definition) is 0. The summed E-state index contributed by atoms with van der Waals surface area (Å²) in [5.74, 6) is 0.412. The first-order chi connectivity index (χ1) is 6.64. The highest BCUT2D eigenvalue weighted by Crippen LogP contribution is 2.45. The predicted octanol–water partition coefficient (Wildman–Crippen LogP) is 4.64. The molecule has 0 aromatic rings. The number of carbonyl (C=O) groups excluding carboxylic acids is 1. The maximum absolute atomic E-state index is 11.8. The van der Waals surface area contributed by atoms with E-state index in [4.69, 9.17) is 0 Å². The van der Waals surface area contributed by atoms with Crippen molar-refractivity contribution in [3.8, 4) is 0 Å². The van der Waals surface area contributed by atoms with Gasteiger partial charge in [0.05, 0.1) is 8.07 Å². The molecule has 0 N–H and O–H groups in total. The van der Waals surface area contributed by atoms with E-state index < -0.39 is 8.07 Å². The van der Waals surface area contributed by atoms with Crippen molar-refractivity contribution in [1.29, 1.82) is 0 Å². The molecular formula is C13H28OSi. The number of rotatable bonds is 5. The van der Waals surface area contributed by atoms with Crippen LogP contribution in [0.5, 0.6) is 0 Å². The largest absolute Gasteiger partial charge is 0.300 e. The fourth-order valence-electron chi connectivity index (χ4n) is 2.00. The van der Waals surface area contributed by atoms with E-state index in [9.17, 15) is 4.79 Å². The van der Waals surface area contributed by atoms with Gasteiger partial charge in [-0.2, -0.15) is 0 Å². The standard InChI is InChI=1S/C13H28OSi/c1-8-9-10-12(11(2)14)15(6,7)13(3,4)5/h12H,8-10H2,1-7H3. The molecule has 0 aliphatic rings. The summed E-state index contributed by atoms with van der Waals surface area (Å²) in [7, 11) is -1.48. The first-order valence-electron chi connectivity index (χ1n) is 6.15. The van der Waals surface area contributed by atoms with Crippen LogP contribution in [0.4, 0.5) is 0 Å². The molecule has 0 fully saturated rings. The minimum Gasteiger partial charge on any atom is -0.300 e. The molecule has 0 saturated heterocycles. The predicted molar refractivity (Wildman–Crippen MR) is 71.2 cm³/mol. The van der Waals surface area contributed by atoms with Crippen molar-refractivity contribution in [1.82, 2.24) is 0 Å². The zero-order valence-corrected chi connectivity index (χ0v) is 12.6. The maximum atomic E-state index is 11.8. The minimum absolute atomic E-state index is 0.317. The van der Waals surface area contributed by atoms with E-state index in [0.29, 0.717) is 16.4 Å². The molecule has 90 valence electrons. The molecule has 0 rings (SSSR count). The smallest absolute Gasteiger partial charge is 0.130 e. The van der Waals surface area contributed by atoms with Gasteiger partial charge < -0.3 is 4.79 Å². The van der Waals surface area contributed by atoms with Gasteiger partial charge in [0, 0.05) is 5.54 Å². The molecule has 0 radical (unpaired) electrons. The van der Waals surface area contributed by atoms with Gasteiger partial charge in [-0.05, 0) is 18.4 Å². The van der Waals surface area contributed by atoms with Crippen molar-refractivity contribution in [2.75, 3.05) is 0 Å². The molecule has 1 atom stereocenters. The Labute approximate surface area is 96.7 Å². The molecule has 0 saturated carbocycles. The second kappa shape index (κ2) is 5.29. The molecule has 0 aromatic carbocycles. The average Bonchev–Trinajstić information content (AvgIpc) is 2.01. The first-order valence-corrected chi connectivity index (χ1v) is 9.22. The van der Waals surface area contributed by atoms with Crippen molar-refractivity contribution >= 4 is 13.9 Å². The van der Waals surface area contributed by atoms with Gasteiger partial charge in [-0.1, -0.05) is 53.6 Å². The van der Waals surface area contributed by atoms with Crippen LogP contribution < -0.4 is 0 Å². The quantitative estimate of drug-likeness (QED) is 0.626. The van der Waals surface area contributed by atoms with Gasteiger partial charge >= 0.3 is 0 Å². The lowest BCUT2D eigenvalue weighted by Crippen LogP contribution is -2.44. The summed E-state index contributed by atoms with van der Waals surface area (Å²) in [5, 5.41) is 0.317. The molecule has 0 spiro atoms. The van der Waals surface area contributed by atoms with Gasteiger partial charge in [0.15, 0.2) is 0 Å². The molecule has 0 bridgehead atoms. The van der Waals surface area contributed by atoms with Crippen LogP contribution in [0.3, 0.4) is 0 Å². The fraction of sp³-hybridized carbons (Fsp3) is 0.923. The molecule has 0 aliphatic carbocycles. The van der Waals surface area contributed by atoms with Crippen molar-refractivity contribution in [3.63, 3.8) is 0 Å². The van der Waals surface area contributed by atoms with Crippen molar-refractivity contribution < 1.29 is 4.79 Å². The maximum Gasteiger partial charge on any atom is 0.130 e. The molecule has 0 aliphatic heterocycles. The molecule has 1 nitrogen and oxygen atoms in total. The van der Waals surface area contributed by atoms with Gasteiger partial charge in [-0.3, -0.25) is 0 Å². The summed E-state index contributed by atoms with van der Waals surface area (Å²) in [4.78, 5) is 11.8. The SMILES string of the molecule is CCCCC(C(C)=O)[Si](C)(C)C(C)(C)C. The molecular weight excluding hydrogens is 200 g/mol. The Morgan fingerprint density at radius 3 is 2.00 bits per heavy atom. The van der Waals surface area contributed by atoms with E-state index in [0.717, 1.165) is 6.42 Å². The lowest BCUT2D eigenvalue weighted by molar-refractivity contribution is -0.117. The minimum atomic E-state index is -1.48. The van der Waals surface area contributed by atoms with Crippen LogP contribution in [0.2, 0.25) is 23.7 Å². The van der Waals surface area contributed by atoms with E-state index in [1.54, 1.807) is 6.92 Å². The van der Waals surface area contributed by atoms with Gasteiger partial charge in [0.1, 0.15) is 5.78 Å². The number of ketones is 1. The summed E-state index contributed by atoms with van der Waals surface area (Å²) >= 11 is 0. The number of carbonyl (C=O) groups is 1. The Morgan fingerprint density at radius 2 is 1.73 bits per heavy atom. The third-order valence-corrected chi connectivity index (χ3v) is 10.4. The molecule has 0 heterocycles. The topological polar surface area (TPSA) is 17.1 Å². The highest BCUT2D eigenvalue weighted by Gasteiger charge is 2.43. The molecule has 1 unspecified atom stereocenters. The fourth-order valence-corrected chi connectivity index (χ4v) is 4.99. The van der Waals surface area contributed by atoms with Crippen LogP contribution in [0.1, 0.15) is 53.9 Å². The van der Waals surface area contributed by atoms with Crippen LogP contribution in [0, 0.1) is 0 Å². The first kappa shape index (κ1) is 14.9. The second-order valence-corrected chi connectivity index (χ2v) is 11.9. The third kappa shape index (κ3) is 3.75. The van der Waals surface area contributed by atoms with Crippen LogP contribution in [0.25, 0.3) is 0 Å². The van der Waals surface area contributed by atoms with E-state index in [1.807, 2.05) is 0 Å². The Bertz CT molecular complexity index is 213. The lowest BCUT2D eigenvalue weighted by atomic mass is 10.1. The van der Waals surface area contributed by atoms with Gasteiger partial charge in [0.25, 0.3) is 0 Å². The number of unbranched alkanes of at least 4 members (excludes halogenated alkanes) is 1. The van der Waals surface area contributed by atoms with E-state index in [-0.39, 0.29) is 0 Å². The highest BCUT2D eigenvalue weighted by atomic mass is 28.3. The Kier molecular flexibility index (Phi) is 5.25. The van der Waals surface area contributed by atoms with Crippen molar-refractivity contribution in [2.24, 2.45) is 0 Å². The summed E-state index contributed by atoms with van der Waals surface area (Å²) in [5.41, 5.74) is 0.345. The normalized spacial score (nSPS) is 15.1.